The number of ether oxygens (including phenoxy) is 1. The number of benzene rings is 1. The van der Waals surface area contributed by atoms with E-state index in [0.717, 1.165) is 12.8 Å². The quantitative estimate of drug-likeness (QED) is 0.789. The van der Waals surface area contributed by atoms with Crippen LogP contribution in [0, 0.1) is 5.92 Å². The van der Waals surface area contributed by atoms with Crippen LogP contribution in [0.3, 0.4) is 0 Å². The third-order valence-electron chi connectivity index (χ3n) is 3.62. The van der Waals surface area contributed by atoms with Crippen LogP contribution in [0.25, 0.3) is 0 Å². The molecule has 0 saturated carbocycles. The zero-order valence-electron chi connectivity index (χ0n) is 12.2. The Morgan fingerprint density at radius 3 is 2.82 bits per heavy atom. The highest BCUT2D eigenvalue weighted by Crippen LogP contribution is 2.28. The lowest BCUT2D eigenvalue weighted by Crippen LogP contribution is -2.34. The first kappa shape index (κ1) is 16.4. The van der Waals surface area contributed by atoms with Gasteiger partial charge >= 0.3 is 5.97 Å². The molecular weight excluding hydrogens is 306 g/mol. The Hall–Kier alpha value is -2.01. The summed E-state index contributed by atoms with van der Waals surface area (Å²) in [5.74, 6) is -0.765. The van der Waals surface area contributed by atoms with Crippen molar-refractivity contribution < 1.29 is 19.4 Å². The zero-order chi connectivity index (χ0) is 16.1. The SMILES string of the molecule is COc1ccc(C(NC(=O)CC2C=CCC2)C(=O)O)cc1Cl. The highest BCUT2D eigenvalue weighted by molar-refractivity contribution is 6.32. The van der Waals surface area contributed by atoms with Crippen LogP contribution in [0.4, 0.5) is 0 Å². The molecule has 0 radical (unpaired) electrons. The predicted molar refractivity (Wildman–Crippen MR) is 83.0 cm³/mol. The van der Waals surface area contributed by atoms with Crippen LogP contribution >= 0.6 is 11.6 Å². The van der Waals surface area contributed by atoms with Crippen LogP contribution in [0.5, 0.6) is 5.75 Å². The van der Waals surface area contributed by atoms with Crippen molar-refractivity contribution in [2.45, 2.75) is 25.3 Å². The number of carboxylic acids is 1. The number of rotatable bonds is 6. The van der Waals surface area contributed by atoms with E-state index in [9.17, 15) is 14.7 Å². The second kappa shape index (κ2) is 7.31. The number of hydrogen-bond acceptors (Lipinski definition) is 3. The minimum Gasteiger partial charge on any atom is -0.495 e. The fraction of sp³-hybridized carbons (Fsp3) is 0.375. The van der Waals surface area contributed by atoms with Gasteiger partial charge in [0.15, 0.2) is 6.04 Å². The lowest BCUT2D eigenvalue weighted by Gasteiger charge is -2.17. The molecule has 0 fully saturated rings. The molecular formula is C16H18ClNO4. The lowest BCUT2D eigenvalue weighted by atomic mass is 10.0. The summed E-state index contributed by atoms with van der Waals surface area (Å²) in [6.07, 6.45) is 6.23. The maximum Gasteiger partial charge on any atom is 0.330 e. The van der Waals surface area contributed by atoms with Crippen molar-refractivity contribution in [3.63, 3.8) is 0 Å². The number of carboxylic acid groups (broad SMARTS) is 1. The predicted octanol–water partition coefficient (Wildman–Crippen LogP) is 2.95. The van der Waals surface area contributed by atoms with Gasteiger partial charge in [-0.1, -0.05) is 29.8 Å². The Morgan fingerprint density at radius 2 is 2.27 bits per heavy atom. The number of nitrogens with one attached hydrogen (secondary N) is 1. The fourth-order valence-electron chi connectivity index (χ4n) is 2.47. The molecule has 22 heavy (non-hydrogen) atoms. The van der Waals surface area contributed by atoms with Crippen molar-refractivity contribution in [1.29, 1.82) is 0 Å². The van der Waals surface area contributed by atoms with Gasteiger partial charge in [-0.2, -0.15) is 0 Å². The van der Waals surface area contributed by atoms with Gasteiger partial charge < -0.3 is 15.2 Å². The number of carbonyl (C=O) groups is 2. The van der Waals surface area contributed by atoms with E-state index < -0.39 is 12.0 Å². The molecule has 0 heterocycles. The van der Waals surface area contributed by atoms with E-state index in [-0.39, 0.29) is 11.8 Å². The molecule has 0 aliphatic heterocycles. The number of methoxy groups -OCH3 is 1. The van der Waals surface area contributed by atoms with Crippen molar-refractivity contribution in [2.24, 2.45) is 5.92 Å². The molecule has 0 aromatic heterocycles. The molecule has 1 aliphatic rings. The number of hydrogen-bond donors (Lipinski definition) is 2. The second-order valence-electron chi connectivity index (χ2n) is 5.20. The standard InChI is InChI=1S/C16H18ClNO4/c1-22-13-7-6-11(9-12(13)17)15(16(20)21)18-14(19)8-10-4-2-3-5-10/h2,4,6-7,9-10,15H,3,5,8H2,1H3,(H,18,19)(H,20,21). The van der Waals surface area contributed by atoms with Crippen LogP contribution in [-0.2, 0) is 9.59 Å². The molecule has 1 aromatic rings. The van der Waals surface area contributed by atoms with Crippen molar-refractivity contribution >= 4 is 23.5 Å². The van der Waals surface area contributed by atoms with Gasteiger partial charge in [-0.25, -0.2) is 4.79 Å². The van der Waals surface area contributed by atoms with Gasteiger partial charge in [0.05, 0.1) is 12.1 Å². The molecule has 2 rings (SSSR count). The van der Waals surface area contributed by atoms with E-state index in [0.29, 0.717) is 22.8 Å². The zero-order valence-corrected chi connectivity index (χ0v) is 13.0. The summed E-state index contributed by atoms with van der Waals surface area (Å²) in [6.45, 7) is 0. The molecule has 5 nitrogen and oxygen atoms in total. The number of halogens is 1. The van der Waals surface area contributed by atoms with Gasteiger partial charge in [-0.15, -0.1) is 0 Å². The Bertz CT molecular complexity index is 600. The molecule has 6 heteroatoms. The molecule has 0 saturated heterocycles. The maximum absolute atomic E-state index is 12.0. The highest BCUT2D eigenvalue weighted by atomic mass is 35.5. The minimum absolute atomic E-state index is 0.189. The summed E-state index contributed by atoms with van der Waals surface area (Å²) in [7, 11) is 1.48. The topological polar surface area (TPSA) is 75.6 Å². The summed E-state index contributed by atoms with van der Waals surface area (Å²) in [6, 6.07) is 3.54. The summed E-state index contributed by atoms with van der Waals surface area (Å²) in [5, 5.41) is 12.2. The molecule has 0 bridgehead atoms. The Morgan fingerprint density at radius 1 is 1.50 bits per heavy atom. The fourth-order valence-corrected chi connectivity index (χ4v) is 2.74. The van der Waals surface area contributed by atoms with Gasteiger partial charge in [-0.3, -0.25) is 4.79 Å². The monoisotopic (exact) mass is 323 g/mol. The normalized spacial score (nSPS) is 18.0. The Balaban J connectivity index is 2.09. The Kier molecular flexibility index (Phi) is 5.44. The molecule has 1 aromatic carbocycles. The van der Waals surface area contributed by atoms with Crippen molar-refractivity contribution in [2.75, 3.05) is 7.11 Å². The third-order valence-corrected chi connectivity index (χ3v) is 3.92. The maximum atomic E-state index is 12.0. The van der Waals surface area contributed by atoms with Gasteiger partial charge in [0.25, 0.3) is 0 Å². The van der Waals surface area contributed by atoms with Crippen LogP contribution < -0.4 is 10.1 Å². The van der Waals surface area contributed by atoms with Crippen LogP contribution in [0.15, 0.2) is 30.4 Å². The number of amides is 1. The van der Waals surface area contributed by atoms with Gasteiger partial charge in [-0.05, 0) is 36.5 Å². The molecule has 1 amide bonds. The van der Waals surface area contributed by atoms with E-state index in [1.807, 2.05) is 12.2 Å². The highest BCUT2D eigenvalue weighted by Gasteiger charge is 2.24. The molecule has 118 valence electrons. The van der Waals surface area contributed by atoms with Crippen molar-refractivity contribution in [3.05, 3.63) is 40.9 Å². The smallest absolute Gasteiger partial charge is 0.330 e. The summed E-state index contributed by atoms with van der Waals surface area (Å²) in [5.41, 5.74) is 0.411. The van der Waals surface area contributed by atoms with E-state index in [1.54, 1.807) is 12.1 Å². The number of carbonyl (C=O) groups excluding carboxylic acids is 1. The Labute approximate surface area is 133 Å². The van der Waals surface area contributed by atoms with Crippen molar-refractivity contribution in [3.8, 4) is 5.75 Å². The number of aliphatic carboxylic acids is 1. The summed E-state index contributed by atoms with van der Waals surface area (Å²) < 4.78 is 5.04. The summed E-state index contributed by atoms with van der Waals surface area (Å²) in [4.78, 5) is 23.5. The molecule has 1 aliphatic carbocycles. The molecule has 2 atom stereocenters. The van der Waals surface area contributed by atoms with Gasteiger partial charge in [0.1, 0.15) is 5.75 Å². The van der Waals surface area contributed by atoms with E-state index in [1.165, 1.54) is 13.2 Å². The van der Waals surface area contributed by atoms with Gasteiger partial charge in [0.2, 0.25) is 5.91 Å². The minimum atomic E-state index is -1.13. The van der Waals surface area contributed by atoms with Crippen LogP contribution in [0.1, 0.15) is 30.9 Å². The molecule has 2 unspecified atom stereocenters. The first-order valence-electron chi connectivity index (χ1n) is 7.03. The van der Waals surface area contributed by atoms with E-state index in [4.69, 9.17) is 16.3 Å². The van der Waals surface area contributed by atoms with Gasteiger partial charge in [0, 0.05) is 6.42 Å². The third kappa shape index (κ3) is 4.01. The summed E-state index contributed by atoms with van der Waals surface area (Å²) >= 11 is 6.01. The van der Waals surface area contributed by atoms with E-state index in [2.05, 4.69) is 5.32 Å². The average Bonchev–Trinajstić information content (AvgIpc) is 2.97. The second-order valence-corrected chi connectivity index (χ2v) is 5.61. The largest absolute Gasteiger partial charge is 0.495 e. The first-order valence-corrected chi connectivity index (χ1v) is 7.41. The number of allylic oxidation sites excluding steroid dienone is 2. The first-order chi connectivity index (χ1) is 10.5. The molecule has 0 spiro atoms. The van der Waals surface area contributed by atoms with Crippen LogP contribution in [0.2, 0.25) is 5.02 Å². The average molecular weight is 324 g/mol. The van der Waals surface area contributed by atoms with Crippen molar-refractivity contribution in [1.82, 2.24) is 5.32 Å². The van der Waals surface area contributed by atoms with Crippen LogP contribution in [-0.4, -0.2) is 24.1 Å². The lowest BCUT2D eigenvalue weighted by molar-refractivity contribution is -0.142. The van der Waals surface area contributed by atoms with E-state index >= 15 is 0 Å². The molecule has 2 N–H and O–H groups in total.